The molecule has 0 rings (SSSR count). The summed E-state index contributed by atoms with van der Waals surface area (Å²) in [6.07, 6.45) is 0. The summed E-state index contributed by atoms with van der Waals surface area (Å²) in [6.45, 7) is 12.0. The van der Waals surface area contributed by atoms with Crippen LogP contribution in [0.1, 0.15) is 20.8 Å². The molecule has 0 saturated carbocycles. The molecule has 0 fully saturated rings. The minimum Gasteiger partial charge on any atom is -0.397 e. The maximum atomic E-state index is 11.9. The van der Waals surface area contributed by atoms with Crippen LogP contribution in [0.15, 0.2) is 40.1 Å². The number of carbonyl (C=O) groups is 1. The number of amides is 1. The fourth-order valence-electron chi connectivity index (χ4n) is 0.893. The Hall–Kier alpha value is -2.21. The van der Waals surface area contributed by atoms with Crippen LogP contribution in [-0.2, 0) is 4.79 Å². The Labute approximate surface area is 123 Å². The van der Waals surface area contributed by atoms with Gasteiger partial charge in [0.15, 0.2) is 5.71 Å². The van der Waals surface area contributed by atoms with Crippen LogP contribution in [0.4, 0.5) is 0 Å². The van der Waals surface area contributed by atoms with Crippen LogP contribution in [0.5, 0.6) is 0 Å². The fourth-order valence-corrected chi connectivity index (χ4v) is 1.14. The standard InChI is InChI=1S/C13H18ClN5O/c1-6(2)7(3)11(14)18-10(8(4)15)13(20)19-12(17)9(5)16/h16H,1,4,15H2,2-3,5H3,(H2,17,19,20)/b11-7-,16-9?,18-10+. The minimum atomic E-state index is -0.748. The quantitative estimate of drug-likeness (QED) is 0.269. The number of amidine groups is 1. The third-order valence-corrected chi connectivity index (χ3v) is 2.66. The van der Waals surface area contributed by atoms with E-state index in [4.69, 9.17) is 28.2 Å². The van der Waals surface area contributed by atoms with Crippen molar-refractivity contribution < 1.29 is 4.79 Å². The molecule has 0 saturated heterocycles. The highest BCUT2D eigenvalue weighted by Crippen LogP contribution is 2.17. The highest BCUT2D eigenvalue weighted by Gasteiger charge is 2.16. The van der Waals surface area contributed by atoms with Crippen molar-refractivity contribution in [3.05, 3.63) is 35.2 Å². The van der Waals surface area contributed by atoms with Crippen molar-refractivity contribution in [2.24, 2.45) is 10.7 Å². The number of allylic oxidation sites excluding steroid dienone is 2. The lowest BCUT2D eigenvalue weighted by atomic mass is 10.2. The number of nitrogens with one attached hydrogen (secondary N) is 3. The van der Waals surface area contributed by atoms with E-state index in [1.54, 1.807) is 13.8 Å². The zero-order valence-electron chi connectivity index (χ0n) is 11.7. The van der Waals surface area contributed by atoms with Crippen LogP contribution >= 0.6 is 11.6 Å². The molecule has 6 nitrogen and oxygen atoms in total. The monoisotopic (exact) mass is 295 g/mol. The lowest BCUT2D eigenvalue weighted by molar-refractivity contribution is -0.113. The van der Waals surface area contributed by atoms with E-state index in [9.17, 15) is 4.79 Å². The smallest absolute Gasteiger partial charge is 0.277 e. The van der Waals surface area contributed by atoms with Crippen molar-refractivity contribution in [3.8, 4) is 0 Å². The Morgan fingerprint density at radius 3 is 2.10 bits per heavy atom. The van der Waals surface area contributed by atoms with Gasteiger partial charge in [0.25, 0.3) is 5.91 Å². The summed E-state index contributed by atoms with van der Waals surface area (Å²) in [5, 5.41) is 16.9. The number of carbonyl (C=O) groups excluding carboxylic acids is 1. The van der Waals surface area contributed by atoms with E-state index in [0.717, 1.165) is 0 Å². The highest BCUT2D eigenvalue weighted by molar-refractivity contribution is 6.52. The normalized spacial score (nSPS) is 12.3. The predicted octanol–water partition coefficient (Wildman–Crippen LogP) is 2.08. The largest absolute Gasteiger partial charge is 0.397 e. The number of hydrogen-bond acceptors (Lipinski definition) is 5. The first-order chi connectivity index (χ1) is 9.07. The number of nitrogens with zero attached hydrogens (tertiary/aromatic N) is 1. The van der Waals surface area contributed by atoms with Gasteiger partial charge in [-0.2, -0.15) is 0 Å². The lowest BCUT2D eigenvalue weighted by Gasteiger charge is -2.08. The van der Waals surface area contributed by atoms with Crippen molar-refractivity contribution in [3.63, 3.8) is 0 Å². The third-order valence-electron chi connectivity index (χ3n) is 2.29. The molecule has 0 aliphatic carbocycles. The first kappa shape index (κ1) is 17.8. The average molecular weight is 296 g/mol. The van der Waals surface area contributed by atoms with E-state index in [2.05, 4.69) is 23.5 Å². The number of aliphatic imine (C=N–C) groups is 1. The molecule has 108 valence electrons. The lowest BCUT2D eigenvalue weighted by Crippen LogP contribution is -2.40. The molecular formula is C13H18ClN5O. The van der Waals surface area contributed by atoms with Crippen LogP contribution in [0.25, 0.3) is 0 Å². The molecule has 0 heterocycles. The van der Waals surface area contributed by atoms with Crippen molar-refractivity contribution in [2.45, 2.75) is 20.8 Å². The van der Waals surface area contributed by atoms with Crippen LogP contribution in [-0.4, -0.2) is 23.2 Å². The maximum Gasteiger partial charge on any atom is 0.277 e. The molecule has 5 N–H and O–H groups in total. The zero-order chi connectivity index (χ0) is 16.0. The maximum absolute atomic E-state index is 11.9. The van der Waals surface area contributed by atoms with Gasteiger partial charge in [0.1, 0.15) is 11.0 Å². The fraction of sp³-hybridized carbons (Fsp3) is 0.231. The summed E-state index contributed by atoms with van der Waals surface area (Å²) in [5.74, 6) is -1.09. The van der Waals surface area contributed by atoms with Gasteiger partial charge in [-0.15, -0.1) is 0 Å². The van der Waals surface area contributed by atoms with Gasteiger partial charge < -0.3 is 16.5 Å². The van der Waals surface area contributed by atoms with Gasteiger partial charge in [0.2, 0.25) is 0 Å². The SMILES string of the molecule is C=C(N)/C(=N\C(Cl)=C(\C)C(=C)C)C(=O)NC(=N)C(C)=N. The van der Waals surface area contributed by atoms with Gasteiger partial charge in [0, 0.05) is 0 Å². The molecule has 0 atom stereocenters. The predicted molar refractivity (Wildman–Crippen MR) is 83.4 cm³/mol. The highest BCUT2D eigenvalue weighted by atomic mass is 35.5. The Kier molecular flexibility index (Phi) is 6.58. The molecule has 0 aliphatic heterocycles. The number of halogens is 1. The first-order valence-corrected chi connectivity index (χ1v) is 5.96. The van der Waals surface area contributed by atoms with Gasteiger partial charge in [0.05, 0.1) is 11.4 Å². The molecule has 7 heteroatoms. The minimum absolute atomic E-state index is 0.0624. The van der Waals surface area contributed by atoms with Crippen molar-refractivity contribution >= 4 is 34.8 Å². The van der Waals surface area contributed by atoms with Crippen LogP contribution < -0.4 is 11.1 Å². The number of nitrogens with two attached hydrogens (primary N) is 1. The second kappa shape index (κ2) is 7.40. The summed E-state index contributed by atoms with van der Waals surface area (Å²) in [6, 6.07) is 0. The molecule has 1 amide bonds. The van der Waals surface area contributed by atoms with E-state index in [0.29, 0.717) is 11.1 Å². The Bertz CT molecular complexity index is 557. The molecule has 0 radical (unpaired) electrons. The second-order valence-corrected chi connectivity index (χ2v) is 4.49. The molecule has 0 aromatic rings. The summed E-state index contributed by atoms with van der Waals surface area (Å²) < 4.78 is 0. The van der Waals surface area contributed by atoms with Crippen LogP contribution in [0.2, 0.25) is 0 Å². The van der Waals surface area contributed by atoms with Gasteiger partial charge >= 0.3 is 0 Å². The van der Waals surface area contributed by atoms with E-state index in [1.165, 1.54) is 6.92 Å². The summed E-state index contributed by atoms with van der Waals surface area (Å²) in [4.78, 5) is 15.8. The topological polar surface area (TPSA) is 115 Å². The molecule has 0 aromatic carbocycles. The van der Waals surface area contributed by atoms with Gasteiger partial charge in [-0.1, -0.05) is 30.3 Å². The third kappa shape index (κ3) is 5.19. The molecule has 0 unspecified atom stereocenters. The summed E-state index contributed by atoms with van der Waals surface area (Å²) >= 11 is 5.97. The van der Waals surface area contributed by atoms with E-state index in [-0.39, 0.29) is 28.1 Å². The molecule has 0 spiro atoms. The van der Waals surface area contributed by atoms with E-state index < -0.39 is 5.91 Å². The summed E-state index contributed by atoms with van der Waals surface area (Å²) in [7, 11) is 0. The average Bonchev–Trinajstić information content (AvgIpc) is 2.33. The Balaban J connectivity index is 5.48. The van der Waals surface area contributed by atoms with Crippen molar-refractivity contribution in [1.82, 2.24) is 5.32 Å². The van der Waals surface area contributed by atoms with Crippen LogP contribution in [0, 0.1) is 10.8 Å². The van der Waals surface area contributed by atoms with Crippen molar-refractivity contribution in [2.75, 3.05) is 0 Å². The van der Waals surface area contributed by atoms with E-state index in [1.807, 2.05) is 0 Å². The molecular weight excluding hydrogens is 278 g/mol. The van der Waals surface area contributed by atoms with Crippen molar-refractivity contribution in [1.29, 1.82) is 10.8 Å². The van der Waals surface area contributed by atoms with Crippen LogP contribution in [0.3, 0.4) is 0 Å². The summed E-state index contributed by atoms with van der Waals surface area (Å²) in [5.41, 5.74) is 6.41. The van der Waals surface area contributed by atoms with E-state index >= 15 is 0 Å². The van der Waals surface area contributed by atoms with Gasteiger partial charge in [-0.25, -0.2) is 4.99 Å². The number of rotatable bonds is 5. The first-order valence-electron chi connectivity index (χ1n) is 5.59. The Morgan fingerprint density at radius 2 is 1.75 bits per heavy atom. The second-order valence-electron chi connectivity index (χ2n) is 4.14. The Morgan fingerprint density at radius 1 is 1.25 bits per heavy atom. The molecule has 0 bridgehead atoms. The molecule has 0 aliphatic rings. The number of hydrogen-bond donors (Lipinski definition) is 4. The van der Waals surface area contributed by atoms with Gasteiger partial charge in [-0.3, -0.25) is 10.2 Å². The van der Waals surface area contributed by atoms with Gasteiger partial charge in [-0.05, 0) is 26.3 Å². The molecule has 20 heavy (non-hydrogen) atoms. The molecule has 0 aromatic heterocycles. The zero-order valence-corrected chi connectivity index (χ0v) is 12.5.